The molecular formula is C23H29N3O2. The summed E-state index contributed by atoms with van der Waals surface area (Å²) in [5, 5.41) is 4.14. The van der Waals surface area contributed by atoms with E-state index >= 15 is 0 Å². The molecule has 1 amide bonds. The molecule has 2 aromatic carbocycles. The largest absolute Gasteiger partial charge is 0.497 e. The average molecular weight is 380 g/mol. The Morgan fingerprint density at radius 2 is 2.11 bits per heavy atom. The molecule has 1 N–H and O–H groups in total. The number of methoxy groups -OCH3 is 1. The predicted octanol–water partition coefficient (Wildman–Crippen LogP) is 4.57. The normalized spacial score (nSPS) is 18.0. The van der Waals surface area contributed by atoms with E-state index in [2.05, 4.69) is 61.3 Å². The standard InChI is InChI=1S/C23H29N3O2/c1-6-26-21-11-10-17(12-20(21)16(2)14-23(26,3)4)15-24-25-22(27)18-8-7-9-19(13-18)28-5/h7-13,15-16H,6,14H2,1-5H3,(H,25,27)/b24-15-/t16-/m1/s1. The molecule has 5 nitrogen and oxygen atoms in total. The number of benzene rings is 2. The maximum Gasteiger partial charge on any atom is 0.271 e. The van der Waals surface area contributed by atoms with Crippen LogP contribution in [0.1, 0.15) is 61.5 Å². The van der Waals surface area contributed by atoms with Crippen molar-refractivity contribution in [3.05, 3.63) is 59.2 Å². The fourth-order valence-electron chi connectivity index (χ4n) is 4.18. The van der Waals surface area contributed by atoms with E-state index in [1.807, 2.05) is 0 Å². The highest BCUT2D eigenvalue weighted by Gasteiger charge is 2.35. The highest BCUT2D eigenvalue weighted by atomic mass is 16.5. The molecule has 0 radical (unpaired) electrons. The van der Waals surface area contributed by atoms with Gasteiger partial charge in [0.2, 0.25) is 0 Å². The van der Waals surface area contributed by atoms with Crippen LogP contribution in [0.25, 0.3) is 0 Å². The van der Waals surface area contributed by atoms with Gasteiger partial charge in [0.05, 0.1) is 13.3 Å². The summed E-state index contributed by atoms with van der Waals surface area (Å²) >= 11 is 0. The second-order valence-corrected chi connectivity index (χ2v) is 7.91. The van der Waals surface area contributed by atoms with Gasteiger partial charge in [0, 0.05) is 23.3 Å². The Labute approximate surface area is 167 Å². The molecule has 0 spiro atoms. The lowest BCUT2D eigenvalue weighted by atomic mass is 9.79. The van der Waals surface area contributed by atoms with Gasteiger partial charge in [-0.3, -0.25) is 4.79 Å². The van der Waals surface area contributed by atoms with Crippen LogP contribution in [0.4, 0.5) is 5.69 Å². The van der Waals surface area contributed by atoms with Gasteiger partial charge in [0.15, 0.2) is 0 Å². The van der Waals surface area contributed by atoms with Gasteiger partial charge >= 0.3 is 0 Å². The number of fused-ring (bicyclic) bond motifs is 1. The van der Waals surface area contributed by atoms with E-state index in [0.717, 1.165) is 18.5 Å². The molecule has 1 aliphatic rings. The number of nitrogens with zero attached hydrogens (tertiary/aromatic N) is 2. The van der Waals surface area contributed by atoms with Gasteiger partial charge in [-0.15, -0.1) is 0 Å². The Morgan fingerprint density at radius 1 is 1.32 bits per heavy atom. The van der Waals surface area contributed by atoms with Gasteiger partial charge in [0.25, 0.3) is 5.91 Å². The third kappa shape index (κ3) is 4.03. The van der Waals surface area contributed by atoms with Crippen LogP contribution < -0.4 is 15.1 Å². The van der Waals surface area contributed by atoms with Crippen LogP contribution in [-0.2, 0) is 0 Å². The summed E-state index contributed by atoms with van der Waals surface area (Å²) in [6.45, 7) is 10.1. The first kappa shape index (κ1) is 19.9. The number of rotatable bonds is 5. The molecule has 0 saturated heterocycles. The van der Waals surface area contributed by atoms with Crippen LogP contribution >= 0.6 is 0 Å². The molecule has 0 bridgehead atoms. The zero-order chi connectivity index (χ0) is 20.3. The van der Waals surface area contributed by atoms with E-state index in [1.54, 1.807) is 37.6 Å². The van der Waals surface area contributed by atoms with E-state index in [0.29, 0.717) is 17.2 Å². The van der Waals surface area contributed by atoms with Crippen LogP contribution in [0.15, 0.2) is 47.6 Å². The smallest absolute Gasteiger partial charge is 0.271 e. The molecule has 1 heterocycles. The minimum atomic E-state index is -0.264. The topological polar surface area (TPSA) is 53.9 Å². The molecule has 1 atom stereocenters. The van der Waals surface area contributed by atoms with Gasteiger partial charge in [-0.2, -0.15) is 5.10 Å². The number of amides is 1. The number of hydrazone groups is 1. The lowest BCUT2D eigenvalue weighted by Gasteiger charge is -2.47. The van der Waals surface area contributed by atoms with Crippen LogP contribution in [0, 0.1) is 0 Å². The number of hydrogen-bond acceptors (Lipinski definition) is 4. The first-order valence-electron chi connectivity index (χ1n) is 9.74. The van der Waals surface area contributed by atoms with Crippen LogP contribution in [-0.4, -0.2) is 31.3 Å². The summed E-state index contributed by atoms with van der Waals surface area (Å²) in [7, 11) is 1.58. The minimum absolute atomic E-state index is 0.154. The number of carbonyl (C=O) groups excluding carboxylic acids is 1. The maximum absolute atomic E-state index is 12.3. The Morgan fingerprint density at radius 3 is 2.82 bits per heavy atom. The molecule has 2 aromatic rings. The van der Waals surface area contributed by atoms with Gasteiger partial charge < -0.3 is 9.64 Å². The fourth-order valence-corrected chi connectivity index (χ4v) is 4.18. The van der Waals surface area contributed by atoms with E-state index < -0.39 is 0 Å². The van der Waals surface area contributed by atoms with Crippen LogP contribution in [0.3, 0.4) is 0 Å². The number of carbonyl (C=O) groups is 1. The molecule has 1 aliphatic heterocycles. The molecule has 3 rings (SSSR count). The fraction of sp³-hybridized carbons (Fsp3) is 0.391. The zero-order valence-corrected chi connectivity index (χ0v) is 17.3. The second kappa shape index (κ2) is 8.05. The summed E-state index contributed by atoms with van der Waals surface area (Å²) in [4.78, 5) is 14.7. The quantitative estimate of drug-likeness (QED) is 0.611. The van der Waals surface area contributed by atoms with Crippen molar-refractivity contribution >= 4 is 17.8 Å². The van der Waals surface area contributed by atoms with Crippen molar-refractivity contribution in [2.24, 2.45) is 5.10 Å². The summed E-state index contributed by atoms with van der Waals surface area (Å²) in [6.07, 6.45) is 2.81. The second-order valence-electron chi connectivity index (χ2n) is 7.91. The lowest BCUT2D eigenvalue weighted by Crippen LogP contribution is -2.48. The first-order valence-corrected chi connectivity index (χ1v) is 9.74. The Balaban J connectivity index is 1.75. The van der Waals surface area contributed by atoms with E-state index in [4.69, 9.17) is 4.74 Å². The van der Waals surface area contributed by atoms with Crippen molar-refractivity contribution in [1.82, 2.24) is 5.43 Å². The van der Waals surface area contributed by atoms with Crippen molar-refractivity contribution in [3.8, 4) is 5.75 Å². The highest BCUT2D eigenvalue weighted by Crippen LogP contribution is 2.43. The summed E-state index contributed by atoms with van der Waals surface area (Å²) in [5.41, 5.74) is 6.86. The Bertz CT molecular complexity index is 889. The van der Waals surface area contributed by atoms with E-state index in [-0.39, 0.29) is 11.4 Å². The van der Waals surface area contributed by atoms with Crippen LogP contribution in [0.2, 0.25) is 0 Å². The van der Waals surface area contributed by atoms with Gasteiger partial charge in [-0.25, -0.2) is 5.43 Å². The third-order valence-corrected chi connectivity index (χ3v) is 5.44. The summed E-state index contributed by atoms with van der Waals surface area (Å²) in [6, 6.07) is 13.4. The van der Waals surface area contributed by atoms with Crippen molar-refractivity contribution in [1.29, 1.82) is 0 Å². The molecule has 0 fully saturated rings. The minimum Gasteiger partial charge on any atom is -0.497 e. The van der Waals surface area contributed by atoms with Gasteiger partial charge in [0.1, 0.15) is 5.75 Å². The summed E-state index contributed by atoms with van der Waals surface area (Å²) < 4.78 is 5.15. The predicted molar refractivity (Wildman–Crippen MR) is 115 cm³/mol. The molecule has 0 unspecified atom stereocenters. The Kier molecular flexibility index (Phi) is 5.73. The third-order valence-electron chi connectivity index (χ3n) is 5.44. The monoisotopic (exact) mass is 379 g/mol. The lowest BCUT2D eigenvalue weighted by molar-refractivity contribution is 0.0955. The van der Waals surface area contributed by atoms with E-state index in [1.165, 1.54) is 11.3 Å². The number of ether oxygens (including phenoxy) is 1. The summed E-state index contributed by atoms with van der Waals surface area (Å²) in [5.74, 6) is 0.858. The zero-order valence-electron chi connectivity index (χ0n) is 17.3. The number of anilines is 1. The molecule has 0 saturated carbocycles. The van der Waals surface area contributed by atoms with Gasteiger partial charge in [-0.05, 0) is 74.6 Å². The SMILES string of the molecule is CCN1c2ccc(/C=N\NC(=O)c3cccc(OC)c3)cc2[C@H](C)CC1(C)C. The van der Waals surface area contributed by atoms with E-state index in [9.17, 15) is 4.79 Å². The average Bonchev–Trinajstić information content (AvgIpc) is 2.68. The highest BCUT2D eigenvalue weighted by molar-refractivity contribution is 5.95. The van der Waals surface area contributed by atoms with Crippen molar-refractivity contribution in [2.45, 2.75) is 45.6 Å². The maximum atomic E-state index is 12.3. The van der Waals surface area contributed by atoms with Crippen molar-refractivity contribution < 1.29 is 9.53 Å². The molecule has 0 aliphatic carbocycles. The Hall–Kier alpha value is -2.82. The molecule has 148 valence electrons. The molecule has 5 heteroatoms. The molecule has 28 heavy (non-hydrogen) atoms. The molecule has 0 aromatic heterocycles. The number of hydrogen-bond donors (Lipinski definition) is 1. The van der Waals surface area contributed by atoms with Crippen LogP contribution in [0.5, 0.6) is 5.75 Å². The van der Waals surface area contributed by atoms with Crippen molar-refractivity contribution in [3.63, 3.8) is 0 Å². The van der Waals surface area contributed by atoms with Gasteiger partial charge in [-0.1, -0.05) is 19.1 Å². The molecular weight excluding hydrogens is 350 g/mol. The first-order chi connectivity index (χ1) is 13.4. The van der Waals surface area contributed by atoms with Crippen molar-refractivity contribution in [2.75, 3.05) is 18.6 Å². The number of nitrogens with one attached hydrogen (secondary N) is 1.